The van der Waals surface area contributed by atoms with Crippen LogP contribution in [0.1, 0.15) is 31.1 Å². The van der Waals surface area contributed by atoms with Crippen molar-refractivity contribution in [1.82, 2.24) is 14.8 Å². The number of rotatable bonds is 2. The van der Waals surface area contributed by atoms with Gasteiger partial charge in [-0.25, -0.2) is 0 Å². The van der Waals surface area contributed by atoms with Crippen LogP contribution in [0.25, 0.3) is 0 Å². The number of aromatic amines is 1. The molecule has 1 aliphatic rings. The van der Waals surface area contributed by atoms with E-state index in [0.29, 0.717) is 12.1 Å². The van der Waals surface area contributed by atoms with Crippen LogP contribution in [0.15, 0.2) is 0 Å². The molecule has 0 bridgehead atoms. The van der Waals surface area contributed by atoms with Crippen LogP contribution in [0, 0.1) is 11.7 Å². The Bertz CT molecular complexity index is 370. The van der Waals surface area contributed by atoms with E-state index in [2.05, 4.69) is 14.8 Å². The van der Waals surface area contributed by atoms with E-state index < -0.39 is 0 Å². The van der Waals surface area contributed by atoms with Crippen molar-refractivity contribution >= 4 is 12.2 Å². The first-order valence-electron chi connectivity index (χ1n) is 4.88. The highest BCUT2D eigenvalue weighted by atomic mass is 32.1. The molecule has 0 aromatic carbocycles. The van der Waals surface area contributed by atoms with Crippen molar-refractivity contribution in [3.63, 3.8) is 0 Å². The lowest BCUT2D eigenvalue weighted by Crippen LogP contribution is -2.10. The summed E-state index contributed by atoms with van der Waals surface area (Å²) < 4.78 is 8.17. The van der Waals surface area contributed by atoms with Crippen molar-refractivity contribution in [2.24, 2.45) is 0 Å². The van der Waals surface area contributed by atoms with Gasteiger partial charge in [-0.1, -0.05) is 0 Å². The fourth-order valence-corrected chi connectivity index (χ4v) is 2.51. The summed E-state index contributed by atoms with van der Waals surface area (Å²) in [6.45, 7) is 1.98. The summed E-state index contributed by atoms with van der Waals surface area (Å²) >= 11 is 5.19. The number of hydrogen-bond donors (Lipinski definition) is 1. The fraction of sp³-hybridized carbons (Fsp3) is 0.778. The Hall–Kier alpha value is -0.680. The smallest absolute Gasteiger partial charge is 0.195 e. The van der Waals surface area contributed by atoms with Crippen molar-refractivity contribution in [3.8, 4) is 0 Å². The van der Waals surface area contributed by atoms with E-state index in [1.165, 1.54) is 0 Å². The molecule has 0 aliphatic heterocycles. The Morgan fingerprint density at radius 2 is 2.36 bits per heavy atom. The molecule has 1 saturated carbocycles. The molecule has 1 fully saturated rings. The molecule has 1 aliphatic carbocycles. The summed E-state index contributed by atoms with van der Waals surface area (Å²) in [4.78, 5) is 0. The molecule has 5 heteroatoms. The molecule has 2 rings (SSSR count). The number of aryl methyl sites for hydroxylation is 1. The largest absolute Gasteiger partial charge is 0.381 e. The number of ether oxygens (including phenoxy) is 1. The van der Waals surface area contributed by atoms with Gasteiger partial charge in [-0.05, 0) is 38.4 Å². The van der Waals surface area contributed by atoms with Gasteiger partial charge >= 0.3 is 0 Å². The fourth-order valence-electron chi connectivity index (χ4n) is 2.18. The predicted octanol–water partition coefficient (Wildman–Crippen LogP) is 1.99. The highest BCUT2D eigenvalue weighted by Gasteiger charge is 2.27. The molecule has 2 atom stereocenters. The Labute approximate surface area is 88.3 Å². The third-order valence-electron chi connectivity index (χ3n) is 2.94. The second kappa shape index (κ2) is 3.82. The molecule has 2 unspecified atom stereocenters. The first kappa shape index (κ1) is 9.86. The minimum atomic E-state index is 0.385. The number of hydrogen-bond acceptors (Lipinski definition) is 3. The van der Waals surface area contributed by atoms with Crippen molar-refractivity contribution < 1.29 is 4.74 Å². The van der Waals surface area contributed by atoms with Crippen LogP contribution >= 0.6 is 12.2 Å². The third-order valence-corrected chi connectivity index (χ3v) is 3.22. The van der Waals surface area contributed by atoms with E-state index in [9.17, 15) is 0 Å². The van der Waals surface area contributed by atoms with Gasteiger partial charge in [-0.2, -0.15) is 5.10 Å². The lowest BCUT2D eigenvalue weighted by molar-refractivity contribution is 0.105. The quantitative estimate of drug-likeness (QED) is 0.764. The van der Waals surface area contributed by atoms with Crippen LogP contribution in [0.3, 0.4) is 0 Å². The number of nitrogens with one attached hydrogen (secondary N) is 1. The maximum absolute atomic E-state index is 5.34. The monoisotopic (exact) mass is 213 g/mol. The number of methoxy groups -OCH3 is 1. The van der Waals surface area contributed by atoms with Crippen LogP contribution in [-0.2, 0) is 4.74 Å². The van der Waals surface area contributed by atoms with Crippen molar-refractivity contribution in [2.45, 2.75) is 38.3 Å². The Balaban J connectivity index is 2.21. The Morgan fingerprint density at radius 1 is 1.57 bits per heavy atom. The molecule has 1 N–H and O–H groups in total. The molecule has 0 amide bonds. The van der Waals surface area contributed by atoms with E-state index in [1.807, 2.05) is 6.92 Å². The molecule has 1 aromatic rings. The first-order chi connectivity index (χ1) is 6.72. The van der Waals surface area contributed by atoms with Crippen molar-refractivity contribution in [1.29, 1.82) is 0 Å². The van der Waals surface area contributed by atoms with Gasteiger partial charge in [-0.3, -0.25) is 5.10 Å². The van der Waals surface area contributed by atoms with Gasteiger partial charge in [0.05, 0.1) is 6.10 Å². The third kappa shape index (κ3) is 1.62. The summed E-state index contributed by atoms with van der Waals surface area (Å²) in [5.41, 5.74) is 0. The maximum Gasteiger partial charge on any atom is 0.195 e. The molecule has 0 radical (unpaired) electrons. The van der Waals surface area contributed by atoms with Gasteiger partial charge in [0.25, 0.3) is 0 Å². The molecule has 4 nitrogen and oxygen atoms in total. The van der Waals surface area contributed by atoms with Crippen LogP contribution in [0.4, 0.5) is 0 Å². The minimum absolute atomic E-state index is 0.385. The van der Waals surface area contributed by atoms with Crippen molar-refractivity contribution in [3.05, 3.63) is 10.6 Å². The molecule has 0 spiro atoms. The SMILES string of the molecule is COC1CCC(n2c(C)n[nH]c2=S)C1. The topological polar surface area (TPSA) is 42.8 Å². The van der Waals surface area contributed by atoms with E-state index in [1.54, 1.807) is 7.11 Å². The molecule has 14 heavy (non-hydrogen) atoms. The maximum atomic E-state index is 5.34. The average Bonchev–Trinajstić information content (AvgIpc) is 2.73. The van der Waals surface area contributed by atoms with Crippen LogP contribution in [-0.4, -0.2) is 28.0 Å². The summed E-state index contributed by atoms with van der Waals surface area (Å²) in [6.07, 6.45) is 3.68. The zero-order valence-corrected chi connectivity index (χ0v) is 9.30. The van der Waals surface area contributed by atoms with Crippen molar-refractivity contribution in [2.75, 3.05) is 7.11 Å². The van der Waals surface area contributed by atoms with Crippen LogP contribution < -0.4 is 0 Å². The van der Waals surface area contributed by atoms with E-state index >= 15 is 0 Å². The van der Waals surface area contributed by atoms with E-state index in [-0.39, 0.29) is 0 Å². The summed E-state index contributed by atoms with van der Waals surface area (Å²) in [6, 6.07) is 0.464. The second-order valence-corrected chi connectivity index (χ2v) is 4.16. The van der Waals surface area contributed by atoms with Gasteiger partial charge in [0.15, 0.2) is 4.77 Å². The lowest BCUT2D eigenvalue weighted by atomic mass is 10.2. The highest BCUT2D eigenvalue weighted by Crippen LogP contribution is 2.32. The molecule has 0 saturated heterocycles. The van der Waals surface area contributed by atoms with Gasteiger partial charge in [0, 0.05) is 13.2 Å². The predicted molar refractivity (Wildman–Crippen MR) is 55.8 cm³/mol. The zero-order chi connectivity index (χ0) is 10.1. The highest BCUT2D eigenvalue weighted by molar-refractivity contribution is 7.71. The first-order valence-corrected chi connectivity index (χ1v) is 5.29. The number of nitrogens with zero attached hydrogens (tertiary/aromatic N) is 2. The lowest BCUT2D eigenvalue weighted by Gasteiger charge is -2.12. The number of H-pyrrole nitrogens is 1. The average molecular weight is 213 g/mol. The number of aromatic nitrogens is 3. The van der Waals surface area contributed by atoms with E-state index in [4.69, 9.17) is 17.0 Å². The van der Waals surface area contributed by atoms with E-state index in [0.717, 1.165) is 29.9 Å². The summed E-state index contributed by atoms with van der Waals surface area (Å²) in [5, 5.41) is 6.94. The summed E-state index contributed by atoms with van der Waals surface area (Å²) in [7, 11) is 1.77. The minimum Gasteiger partial charge on any atom is -0.381 e. The normalized spacial score (nSPS) is 27.0. The van der Waals surface area contributed by atoms with Gasteiger partial charge in [0.1, 0.15) is 5.82 Å². The standard InChI is InChI=1S/C9H15N3OS/c1-6-10-11-9(14)12(6)7-3-4-8(5-7)13-2/h7-8H,3-5H2,1-2H3,(H,11,14). The molecule has 78 valence electrons. The van der Waals surface area contributed by atoms with Gasteiger partial charge in [-0.15, -0.1) is 0 Å². The van der Waals surface area contributed by atoms with Gasteiger partial charge in [0.2, 0.25) is 0 Å². The Morgan fingerprint density at radius 3 is 2.86 bits per heavy atom. The van der Waals surface area contributed by atoms with Gasteiger partial charge < -0.3 is 9.30 Å². The molecule has 1 aromatic heterocycles. The van der Waals surface area contributed by atoms with Crippen LogP contribution in [0.2, 0.25) is 0 Å². The Kier molecular flexibility index (Phi) is 2.69. The van der Waals surface area contributed by atoms with Crippen LogP contribution in [0.5, 0.6) is 0 Å². The summed E-state index contributed by atoms with van der Waals surface area (Å²) in [5.74, 6) is 0.969. The molecule has 1 heterocycles. The second-order valence-electron chi connectivity index (χ2n) is 3.77. The molecular weight excluding hydrogens is 198 g/mol. The molecular formula is C9H15N3OS. The zero-order valence-electron chi connectivity index (χ0n) is 8.49.